The zero-order chi connectivity index (χ0) is 18.0. The average molecular weight is 348 g/mol. The molecule has 25 heavy (non-hydrogen) atoms. The Morgan fingerprint density at radius 1 is 1.20 bits per heavy atom. The Balaban J connectivity index is 2.21. The van der Waals surface area contributed by atoms with E-state index >= 15 is 0 Å². The molecule has 0 aromatic heterocycles. The largest absolute Gasteiger partial charge is 0.497 e. The number of rotatable bonds is 2. The smallest absolute Gasteiger partial charge is 0.189 e. The van der Waals surface area contributed by atoms with Crippen molar-refractivity contribution in [2.45, 2.75) is 5.92 Å². The van der Waals surface area contributed by atoms with Gasteiger partial charge in [-0.25, -0.2) is 0 Å². The molecule has 1 aliphatic heterocycles. The normalized spacial score (nSPS) is 27.0. The molecule has 0 amide bonds. The van der Waals surface area contributed by atoms with Crippen LogP contribution in [0.15, 0.2) is 35.9 Å². The standard InChI is InChI=1S/C19H16N4OS/c1-24-13-4-2-12(3-5-13)17-16-9-25-7-6-14(16)15(8-20)18(23)19(17,10-21)11-22/h2-6,15-17,23H,7,9H2,1H3/t15-,16-,17-/m1/s1. The summed E-state index contributed by atoms with van der Waals surface area (Å²) in [4.78, 5) is 0. The number of thioether (sulfide) groups is 1. The van der Waals surface area contributed by atoms with Gasteiger partial charge in [0.2, 0.25) is 0 Å². The maximum atomic E-state index is 9.87. The van der Waals surface area contributed by atoms with Gasteiger partial charge in [-0.1, -0.05) is 18.2 Å². The number of fused-ring (bicyclic) bond motifs is 1. The van der Waals surface area contributed by atoms with Gasteiger partial charge in [-0.3, -0.25) is 0 Å². The van der Waals surface area contributed by atoms with Crippen LogP contribution in [0, 0.1) is 56.7 Å². The summed E-state index contributed by atoms with van der Waals surface area (Å²) in [7, 11) is 1.58. The van der Waals surface area contributed by atoms with Crippen molar-refractivity contribution < 1.29 is 4.74 Å². The molecule has 0 spiro atoms. The maximum absolute atomic E-state index is 9.87. The summed E-state index contributed by atoms with van der Waals surface area (Å²) in [6.07, 6.45) is 2.00. The lowest BCUT2D eigenvalue weighted by Crippen LogP contribution is -2.49. The molecular weight excluding hydrogens is 332 g/mol. The quantitative estimate of drug-likeness (QED) is 0.826. The molecule has 3 rings (SSSR count). The second-order valence-corrected chi connectivity index (χ2v) is 7.18. The summed E-state index contributed by atoms with van der Waals surface area (Å²) < 4.78 is 5.19. The van der Waals surface area contributed by atoms with E-state index in [0.717, 1.165) is 22.6 Å². The molecule has 1 aliphatic carbocycles. The van der Waals surface area contributed by atoms with Gasteiger partial charge in [0.05, 0.1) is 31.0 Å². The molecule has 5 nitrogen and oxygen atoms in total. The highest BCUT2D eigenvalue weighted by molar-refractivity contribution is 7.99. The summed E-state index contributed by atoms with van der Waals surface area (Å²) in [5.74, 6) is 0.852. The Kier molecular flexibility index (Phi) is 4.53. The van der Waals surface area contributed by atoms with E-state index in [4.69, 9.17) is 10.1 Å². The van der Waals surface area contributed by atoms with Crippen LogP contribution in [0.5, 0.6) is 5.75 Å². The van der Waals surface area contributed by atoms with Crippen molar-refractivity contribution in [1.82, 2.24) is 0 Å². The number of nitriles is 3. The van der Waals surface area contributed by atoms with Crippen molar-refractivity contribution in [3.8, 4) is 24.0 Å². The number of hydrogen-bond donors (Lipinski definition) is 1. The highest BCUT2D eigenvalue weighted by atomic mass is 32.2. The third kappa shape index (κ3) is 2.49. The van der Waals surface area contributed by atoms with Gasteiger partial charge >= 0.3 is 0 Å². The van der Waals surface area contributed by atoms with Gasteiger partial charge in [-0.2, -0.15) is 27.5 Å². The highest BCUT2D eigenvalue weighted by Gasteiger charge is 2.57. The van der Waals surface area contributed by atoms with Gasteiger partial charge in [-0.05, 0) is 23.3 Å². The van der Waals surface area contributed by atoms with Crippen LogP contribution in [0.2, 0.25) is 0 Å². The fraction of sp³-hybridized carbons (Fsp3) is 0.368. The summed E-state index contributed by atoms with van der Waals surface area (Å²) >= 11 is 1.72. The molecule has 1 saturated carbocycles. The number of methoxy groups -OCH3 is 1. The van der Waals surface area contributed by atoms with E-state index in [1.54, 1.807) is 31.0 Å². The minimum atomic E-state index is -1.63. The fourth-order valence-electron chi connectivity index (χ4n) is 3.80. The number of ether oxygens (including phenoxy) is 1. The Morgan fingerprint density at radius 2 is 1.88 bits per heavy atom. The molecule has 1 heterocycles. The average Bonchev–Trinajstić information content (AvgIpc) is 2.67. The molecule has 0 radical (unpaired) electrons. The molecule has 1 fully saturated rings. The van der Waals surface area contributed by atoms with Crippen LogP contribution >= 0.6 is 11.8 Å². The third-order valence-electron chi connectivity index (χ3n) is 5.03. The first-order chi connectivity index (χ1) is 12.1. The zero-order valence-corrected chi connectivity index (χ0v) is 14.5. The second-order valence-electron chi connectivity index (χ2n) is 6.11. The SMILES string of the molecule is COc1ccc([C@@H]2[C@@H]3CSCC=C3[C@@H](C#N)C(=N)C2(C#N)C#N)cc1. The molecule has 2 aliphatic rings. The molecule has 124 valence electrons. The predicted octanol–water partition coefficient (Wildman–Crippen LogP) is 3.27. The van der Waals surface area contributed by atoms with Crippen molar-refractivity contribution in [3.05, 3.63) is 41.5 Å². The Morgan fingerprint density at radius 3 is 2.44 bits per heavy atom. The van der Waals surface area contributed by atoms with E-state index in [-0.39, 0.29) is 11.6 Å². The van der Waals surface area contributed by atoms with Gasteiger partial charge in [0.25, 0.3) is 0 Å². The number of allylic oxidation sites excluding steroid dienone is 1. The third-order valence-corrected chi connectivity index (χ3v) is 6.03. The van der Waals surface area contributed by atoms with Crippen LogP contribution in [-0.2, 0) is 0 Å². The van der Waals surface area contributed by atoms with Gasteiger partial charge in [-0.15, -0.1) is 0 Å². The van der Waals surface area contributed by atoms with Crippen molar-refractivity contribution in [2.75, 3.05) is 18.6 Å². The van der Waals surface area contributed by atoms with Gasteiger partial charge in [0.15, 0.2) is 5.41 Å². The van der Waals surface area contributed by atoms with Gasteiger partial charge in [0, 0.05) is 23.3 Å². The molecule has 0 bridgehead atoms. The molecular formula is C19H16N4OS. The summed E-state index contributed by atoms with van der Waals surface area (Å²) in [6, 6.07) is 13.6. The molecule has 0 unspecified atom stereocenters. The van der Waals surface area contributed by atoms with E-state index in [9.17, 15) is 15.8 Å². The first-order valence-electron chi connectivity index (χ1n) is 7.85. The lowest BCUT2D eigenvalue weighted by molar-refractivity contribution is 0.377. The van der Waals surface area contributed by atoms with Gasteiger partial charge < -0.3 is 10.1 Å². The highest BCUT2D eigenvalue weighted by Crippen LogP contribution is 2.54. The maximum Gasteiger partial charge on any atom is 0.189 e. The molecule has 6 heteroatoms. The van der Waals surface area contributed by atoms with E-state index in [0.29, 0.717) is 5.75 Å². The number of benzene rings is 1. The van der Waals surface area contributed by atoms with E-state index in [2.05, 4.69) is 18.2 Å². The Hall–Kier alpha value is -2.75. The molecule has 1 N–H and O–H groups in total. The first kappa shape index (κ1) is 17.1. The zero-order valence-electron chi connectivity index (χ0n) is 13.7. The van der Waals surface area contributed by atoms with Crippen LogP contribution in [0.25, 0.3) is 0 Å². The lowest BCUT2D eigenvalue weighted by atomic mass is 9.55. The summed E-state index contributed by atoms with van der Waals surface area (Å²) in [5.41, 5.74) is -0.0265. The van der Waals surface area contributed by atoms with Crippen LogP contribution in [0.3, 0.4) is 0 Å². The fourth-order valence-corrected chi connectivity index (χ4v) is 4.88. The van der Waals surface area contributed by atoms with E-state index < -0.39 is 17.3 Å². The van der Waals surface area contributed by atoms with Crippen LogP contribution in [-0.4, -0.2) is 24.3 Å². The summed E-state index contributed by atoms with van der Waals surface area (Å²) in [5, 5.41) is 37.8. The first-order valence-corrected chi connectivity index (χ1v) is 9.01. The van der Waals surface area contributed by atoms with Crippen molar-refractivity contribution in [1.29, 1.82) is 21.2 Å². The van der Waals surface area contributed by atoms with Gasteiger partial charge in [0.1, 0.15) is 11.7 Å². The Labute approximate surface area is 151 Å². The topological polar surface area (TPSA) is 104 Å². The van der Waals surface area contributed by atoms with E-state index in [1.165, 1.54) is 0 Å². The number of nitrogens with one attached hydrogen (secondary N) is 1. The minimum absolute atomic E-state index is 0.102. The monoisotopic (exact) mass is 348 g/mol. The minimum Gasteiger partial charge on any atom is -0.497 e. The second kappa shape index (κ2) is 6.63. The van der Waals surface area contributed by atoms with Crippen LogP contribution < -0.4 is 4.74 Å². The molecule has 1 aromatic carbocycles. The van der Waals surface area contributed by atoms with Crippen molar-refractivity contribution >= 4 is 17.5 Å². The van der Waals surface area contributed by atoms with Crippen molar-refractivity contribution in [3.63, 3.8) is 0 Å². The molecule has 3 atom stereocenters. The lowest BCUT2D eigenvalue weighted by Gasteiger charge is -2.45. The predicted molar refractivity (Wildman–Crippen MR) is 95.1 cm³/mol. The number of hydrogen-bond acceptors (Lipinski definition) is 6. The Bertz CT molecular complexity index is 839. The van der Waals surface area contributed by atoms with Crippen molar-refractivity contribution in [2.24, 2.45) is 17.3 Å². The molecule has 0 saturated heterocycles. The van der Waals surface area contributed by atoms with E-state index in [1.807, 2.05) is 18.2 Å². The van der Waals surface area contributed by atoms with Crippen LogP contribution in [0.4, 0.5) is 0 Å². The number of nitrogens with zero attached hydrogens (tertiary/aromatic N) is 3. The summed E-state index contributed by atoms with van der Waals surface area (Å²) in [6.45, 7) is 0. The molecule has 1 aromatic rings. The van der Waals surface area contributed by atoms with Crippen LogP contribution in [0.1, 0.15) is 11.5 Å².